The lowest BCUT2D eigenvalue weighted by atomic mass is 9.85. The topological polar surface area (TPSA) is 75.1 Å². The average Bonchev–Trinajstić information content (AvgIpc) is 2.84. The van der Waals surface area contributed by atoms with E-state index in [2.05, 4.69) is 10.3 Å². The van der Waals surface area contributed by atoms with Crippen LogP contribution in [0.15, 0.2) is 30.5 Å². The lowest BCUT2D eigenvalue weighted by Gasteiger charge is -2.22. The Morgan fingerprint density at radius 2 is 1.59 bits per heavy atom. The number of amides is 1. The van der Waals surface area contributed by atoms with Crippen molar-refractivity contribution in [3.63, 3.8) is 0 Å². The molecule has 172 valence electrons. The number of anilines is 1. The molecule has 1 heterocycles. The van der Waals surface area contributed by atoms with Crippen molar-refractivity contribution in [1.29, 1.82) is 0 Å². The van der Waals surface area contributed by atoms with Gasteiger partial charge < -0.3 is 10.4 Å². The number of hydrogen-bond acceptors (Lipinski definition) is 4. The van der Waals surface area contributed by atoms with Gasteiger partial charge in [-0.05, 0) is 43.1 Å². The maximum atomic E-state index is 12.8. The van der Waals surface area contributed by atoms with Crippen LogP contribution >= 0.6 is 0 Å². The summed E-state index contributed by atoms with van der Waals surface area (Å²) in [5, 5.41) is 12.4. The number of carbonyl (C=O) groups excluding carboxylic acids is 1. The van der Waals surface area contributed by atoms with Crippen molar-refractivity contribution in [2.75, 3.05) is 5.32 Å². The first-order valence-corrected chi connectivity index (χ1v) is 12.6. The maximum absolute atomic E-state index is 12.8. The standard InChI is InChI=1S/C27H37N3O2/c31-19-22-11-14-23(15-12-22)25-18-28-27(30-26(32)17-21-9-5-2-6-10-21)24(29-25)16-13-20-7-3-1-4-8-20/h11-12,14-15,18,20-21,31H,1-10,13,16-17,19H2,(H,28,30,32). The van der Waals surface area contributed by atoms with Gasteiger partial charge in [0, 0.05) is 12.0 Å². The number of nitrogens with zero attached hydrogens (tertiary/aromatic N) is 2. The summed E-state index contributed by atoms with van der Waals surface area (Å²) in [6, 6.07) is 7.78. The number of carbonyl (C=O) groups is 1. The Balaban J connectivity index is 1.49. The van der Waals surface area contributed by atoms with Gasteiger partial charge in [0.1, 0.15) is 0 Å². The zero-order valence-corrected chi connectivity index (χ0v) is 19.2. The smallest absolute Gasteiger partial charge is 0.225 e. The zero-order valence-electron chi connectivity index (χ0n) is 19.2. The minimum atomic E-state index is 0.0323. The second-order valence-corrected chi connectivity index (χ2v) is 9.70. The third-order valence-electron chi connectivity index (χ3n) is 7.25. The van der Waals surface area contributed by atoms with Crippen LogP contribution in [0.4, 0.5) is 5.82 Å². The quantitative estimate of drug-likeness (QED) is 0.529. The van der Waals surface area contributed by atoms with Crippen molar-refractivity contribution in [2.45, 2.75) is 90.1 Å². The molecule has 5 heteroatoms. The highest BCUT2D eigenvalue weighted by atomic mass is 16.3. The molecule has 1 aromatic carbocycles. The Hall–Kier alpha value is -2.27. The summed E-state index contributed by atoms with van der Waals surface area (Å²) in [6.07, 6.45) is 17.0. The van der Waals surface area contributed by atoms with Gasteiger partial charge in [-0.3, -0.25) is 4.79 Å². The van der Waals surface area contributed by atoms with Crippen LogP contribution in [0.3, 0.4) is 0 Å². The number of aromatic nitrogens is 2. The minimum Gasteiger partial charge on any atom is -0.392 e. The highest BCUT2D eigenvalue weighted by Gasteiger charge is 2.20. The molecule has 1 aromatic heterocycles. The van der Waals surface area contributed by atoms with Crippen molar-refractivity contribution < 1.29 is 9.90 Å². The first-order chi connectivity index (χ1) is 15.7. The molecule has 2 fully saturated rings. The molecule has 2 aliphatic rings. The fourth-order valence-electron chi connectivity index (χ4n) is 5.28. The van der Waals surface area contributed by atoms with E-state index in [9.17, 15) is 9.90 Å². The van der Waals surface area contributed by atoms with E-state index < -0.39 is 0 Å². The van der Waals surface area contributed by atoms with E-state index in [1.165, 1.54) is 51.4 Å². The van der Waals surface area contributed by atoms with Crippen LogP contribution in [-0.4, -0.2) is 21.0 Å². The Labute approximate surface area is 192 Å². The lowest BCUT2D eigenvalue weighted by Crippen LogP contribution is -2.20. The summed E-state index contributed by atoms with van der Waals surface area (Å²) < 4.78 is 0. The van der Waals surface area contributed by atoms with Gasteiger partial charge >= 0.3 is 0 Å². The van der Waals surface area contributed by atoms with E-state index in [1.54, 1.807) is 6.20 Å². The number of aryl methyl sites for hydroxylation is 1. The van der Waals surface area contributed by atoms with Crippen molar-refractivity contribution in [3.8, 4) is 11.3 Å². The van der Waals surface area contributed by atoms with E-state index in [4.69, 9.17) is 4.98 Å². The van der Waals surface area contributed by atoms with Gasteiger partial charge in [-0.2, -0.15) is 0 Å². The number of nitrogens with one attached hydrogen (secondary N) is 1. The summed E-state index contributed by atoms with van der Waals surface area (Å²) in [5.41, 5.74) is 3.58. The monoisotopic (exact) mass is 435 g/mol. The molecule has 0 spiro atoms. The van der Waals surface area contributed by atoms with Gasteiger partial charge in [0.15, 0.2) is 5.82 Å². The molecule has 0 aliphatic heterocycles. The third-order valence-corrected chi connectivity index (χ3v) is 7.25. The SMILES string of the molecule is O=C(CC1CCCCC1)Nc1ncc(-c2ccc(CO)cc2)nc1CCC1CCCCC1. The summed E-state index contributed by atoms with van der Waals surface area (Å²) in [4.78, 5) is 22.4. The first kappa shape index (κ1) is 22.9. The molecule has 0 atom stereocenters. The minimum absolute atomic E-state index is 0.0323. The molecular weight excluding hydrogens is 398 g/mol. The third kappa shape index (κ3) is 6.38. The molecule has 0 radical (unpaired) electrons. The molecule has 32 heavy (non-hydrogen) atoms. The molecular formula is C27H37N3O2. The predicted octanol–water partition coefficient (Wildman–Crippen LogP) is 6.06. The molecule has 0 unspecified atom stereocenters. The van der Waals surface area contributed by atoms with Gasteiger partial charge in [-0.1, -0.05) is 75.6 Å². The molecule has 2 aromatic rings. The number of benzene rings is 1. The highest BCUT2D eigenvalue weighted by molar-refractivity contribution is 5.90. The van der Waals surface area contributed by atoms with E-state index >= 15 is 0 Å². The van der Waals surface area contributed by atoms with Crippen LogP contribution in [0, 0.1) is 11.8 Å². The van der Waals surface area contributed by atoms with Gasteiger partial charge in [0.25, 0.3) is 0 Å². The fraction of sp³-hybridized carbons (Fsp3) is 0.593. The predicted molar refractivity (Wildman–Crippen MR) is 128 cm³/mol. The van der Waals surface area contributed by atoms with Gasteiger partial charge in [0.2, 0.25) is 5.91 Å². The highest BCUT2D eigenvalue weighted by Crippen LogP contribution is 2.30. The van der Waals surface area contributed by atoms with E-state index in [0.29, 0.717) is 18.2 Å². The largest absolute Gasteiger partial charge is 0.392 e. The normalized spacial score (nSPS) is 17.9. The Morgan fingerprint density at radius 1 is 0.938 bits per heavy atom. The van der Waals surface area contributed by atoms with E-state index in [1.807, 2.05) is 24.3 Å². The summed E-state index contributed by atoms with van der Waals surface area (Å²) >= 11 is 0. The van der Waals surface area contributed by atoms with Crippen LogP contribution in [0.2, 0.25) is 0 Å². The summed E-state index contributed by atoms with van der Waals surface area (Å²) in [6.45, 7) is 0.0323. The number of aliphatic hydroxyl groups excluding tert-OH is 1. The number of hydrogen-bond donors (Lipinski definition) is 2. The molecule has 0 saturated heterocycles. The average molecular weight is 436 g/mol. The van der Waals surface area contributed by atoms with Crippen LogP contribution in [0.25, 0.3) is 11.3 Å². The van der Waals surface area contributed by atoms with E-state index in [-0.39, 0.29) is 12.5 Å². The van der Waals surface area contributed by atoms with Crippen molar-refractivity contribution in [2.24, 2.45) is 11.8 Å². The Kier molecular flexibility index (Phi) is 8.27. The van der Waals surface area contributed by atoms with Gasteiger partial charge in [-0.15, -0.1) is 0 Å². The molecule has 5 nitrogen and oxygen atoms in total. The van der Waals surface area contributed by atoms with Crippen LogP contribution in [0.1, 0.15) is 88.3 Å². The van der Waals surface area contributed by atoms with Crippen LogP contribution in [0.5, 0.6) is 0 Å². The molecule has 2 N–H and O–H groups in total. The maximum Gasteiger partial charge on any atom is 0.225 e. The number of aliphatic hydroxyl groups is 1. The van der Waals surface area contributed by atoms with Crippen LogP contribution in [-0.2, 0) is 17.8 Å². The fourth-order valence-corrected chi connectivity index (χ4v) is 5.28. The number of rotatable bonds is 8. The second-order valence-electron chi connectivity index (χ2n) is 9.70. The molecule has 0 bridgehead atoms. The second kappa shape index (κ2) is 11.6. The zero-order chi connectivity index (χ0) is 22.2. The Bertz CT molecular complexity index is 869. The van der Waals surface area contributed by atoms with Gasteiger partial charge in [0.05, 0.1) is 24.2 Å². The molecule has 2 aliphatic carbocycles. The molecule has 2 saturated carbocycles. The van der Waals surface area contributed by atoms with E-state index in [0.717, 1.165) is 54.1 Å². The Morgan fingerprint density at radius 3 is 2.25 bits per heavy atom. The molecule has 1 amide bonds. The van der Waals surface area contributed by atoms with Crippen molar-refractivity contribution in [3.05, 3.63) is 41.7 Å². The molecule has 4 rings (SSSR count). The lowest BCUT2D eigenvalue weighted by molar-refractivity contribution is -0.117. The van der Waals surface area contributed by atoms with Crippen molar-refractivity contribution in [1.82, 2.24) is 9.97 Å². The van der Waals surface area contributed by atoms with Crippen LogP contribution < -0.4 is 5.32 Å². The van der Waals surface area contributed by atoms with Gasteiger partial charge in [-0.25, -0.2) is 9.97 Å². The first-order valence-electron chi connectivity index (χ1n) is 12.6. The summed E-state index contributed by atoms with van der Waals surface area (Å²) in [5.74, 6) is 1.97. The summed E-state index contributed by atoms with van der Waals surface area (Å²) in [7, 11) is 0. The van der Waals surface area contributed by atoms with Crippen molar-refractivity contribution >= 4 is 11.7 Å².